The van der Waals surface area contributed by atoms with Gasteiger partial charge in [0.1, 0.15) is 6.10 Å². The Kier molecular flexibility index (Phi) is 4.87. The summed E-state index contributed by atoms with van der Waals surface area (Å²) in [5, 5.41) is 10.3. The van der Waals surface area contributed by atoms with Gasteiger partial charge in [-0.15, -0.1) is 0 Å². The molecule has 1 aliphatic rings. The van der Waals surface area contributed by atoms with Crippen molar-refractivity contribution in [2.75, 3.05) is 6.61 Å². The van der Waals surface area contributed by atoms with Crippen molar-refractivity contribution < 1.29 is 9.84 Å². The lowest BCUT2D eigenvalue weighted by molar-refractivity contribution is -0.0565. The second-order valence-corrected chi connectivity index (χ2v) is 7.24. The topological polar surface area (TPSA) is 29.5 Å². The van der Waals surface area contributed by atoms with Gasteiger partial charge in [0.15, 0.2) is 0 Å². The van der Waals surface area contributed by atoms with Gasteiger partial charge in [0, 0.05) is 0 Å². The lowest BCUT2D eigenvalue weighted by Crippen LogP contribution is -2.33. The Labute approximate surface area is 123 Å². The van der Waals surface area contributed by atoms with Crippen LogP contribution < -0.4 is 0 Å². The number of aliphatic hydroxyl groups excluding tert-OH is 1. The Morgan fingerprint density at radius 2 is 2.00 bits per heavy atom. The lowest BCUT2D eigenvalue weighted by atomic mass is 9.71. The van der Waals surface area contributed by atoms with E-state index in [1.54, 1.807) is 0 Å². The molecule has 0 bridgehead atoms. The molecule has 20 heavy (non-hydrogen) atoms. The molecular weight excluding hydrogens is 248 g/mol. The van der Waals surface area contributed by atoms with Crippen LogP contribution in [0.3, 0.4) is 0 Å². The molecule has 0 saturated heterocycles. The van der Waals surface area contributed by atoms with Gasteiger partial charge in [0.25, 0.3) is 0 Å². The molecule has 1 aromatic rings. The van der Waals surface area contributed by atoms with Gasteiger partial charge in [0.2, 0.25) is 0 Å². The first kappa shape index (κ1) is 15.5. The summed E-state index contributed by atoms with van der Waals surface area (Å²) in [7, 11) is 0. The number of ether oxygens (including phenoxy) is 1. The standard InChI is InChI=1S/C18H28O2/c1-13-9-15(11-18(3,4)10-13)20-12-17(19)16-8-6-5-7-14(16)2/h5-8,13,15,17,19H,9-12H2,1-4H3. The quantitative estimate of drug-likeness (QED) is 0.890. The molecular formula is C18H28O2. The van der Waals surface area contributed by atoms with E-state index in [0.29, 0.717) is 17.9 Å². The number of rotatable bonds is 4. The van der Waals surface area contributed by atoms with E-state index < -0.39 is 6.10 Å². The molecule has 112 valence electrons. The van der Waals surface area contributed by atoms with Crippen molar-refractivity contribution in [2.45, 2.75) is 59.2 Å². The predicted octanol–water partition coefficient (Wildman–Crippen LogP) is 4.26. The summed E-state index contributed by atoms with van der Waals surface area (Å²) in [6, 6.07) is 7.98. The molecule has 1 saturated carbocycles. The van der Waals surface area contributed by atoms with Crippen molar-refractivity contribution in [3.63, 3.8) is 0 Å². The van der Waals surface area contributed by atoms with Crippen molar-refractivity contribution in [1.29, 1.82) is 0 Å². The van der Waals surface area contributed by atoms with E-state index in [1.807, 2.05) is 31.2 Å². The van der Waals surface area contributed by atoms with E-state index in [1.165, 1.54) is 6.42 Å². The normalized spacial score (nSPS) is 27.2. The third-order valence-electron chi connectivity index (χ3n) is 4.38. The number of hydrogen-bond donors (Lipinski definition) is 1. The van der Waals surface area contributed by atoms with Crippen LogP contribution in [0.1, 0.15) is 57.3 Å². The van der Waals surface area contributed by atoms with Crippen molar-refractivity contribution in [2.24, 2.45) is 11.3 Å². The highest BCUT2D eigenvalue weighted by molar-refractivity contribution is 5.27. The Hall–Kier alpha value is -0.860. The van der Waals surface area contributed by atoms with Crippen LogP contribution in [0.2, 0.25) is 0 Å². The van der Waals surface area contributed by atoms with Crippen LogP contribution in [-0.2, 0) is 4.74 Å². The van der Waals surface area contributed by atoms with E-state index >= 15 is 0 Å². The van der Waals surface area contributed by atoms with E-state index in [4.69, 9.17) is 4.74 Å². The SMILES string of the molecule is Cc1ccccc1C(O)COC1CC(C)CC(C)(C)C1. The van der Waals surface area contributed by atoms with Crippen LogP contribution >= 0.6 is 0 Å². The maximum atomic E-state index is 10.3. The zero-order chi connectivity index (χ0) is 14.8. The van der Waals surface area contributed by atoms with Crippen molar-refractivity contribution in [3.8, 4) is 0 Å². The van der Waals surface area contributed by atoms with Crippen LogP contribution in [-0.4, -0.2) is 17.8 Å². The molecule has 2 heteroatoms. The number of hydrogen-bond acceptors (Lipinski definition) is 2. The zero-order valence-electron chi connectivity index (χ0n) is 13.2. The molecule has 2 nitrogen and oxygen atoms in total. The van der Waals surface area contributed by atoms with Gasteiger partial charge in [0.05, 0.1) is 12.7 Å². The molecule has 0 heterocycles. The van der Waals surface area contributed by atoms with E-state index in [-0.39, 0.29) is 6.10 Å². The fraction of sp³-hybridized carbons (Fsp3) is 0.667. The van der Waals surface area contributed by atoms with Gasteiger partial charge >= 0.3 is 0 Å². The minimum absolute atomic E-state index is 0.285. The molecule has 0 aliphatic heterocycles. The average Bonchev–Trinajstić information content (AvgIpc) is 2.34. The first-order valence-corrected chi connectivity index (χ1v) is 7.72. The first-order valence-electron chi connectivity index (χ1n) is 7.72. The molecule has 0 radical (unpaired) electrons. The first-order chi connectivity index (χ1) is 9.37. The highest BCUT2D eigenvalue weighted by Crippen LogP contribution is 2.39. The summed E-state index contributed by atoms with van der Waals surface area (Å²) < 4.78 is 6.01. The Morgan fingerprint density at radius 1 is 1.30 bits per heavy atom. The molecule has 3 unspecified atom stereocenters. The minimum Gasteiger partial charge on any atom is -0.386 e. The van der Waals surface area contributed by atoms with Crippen LogP contribution in [0, 0.1) is 18.3 Å². The third-order valence-corrected chi connectivity index (χ3v) is 4.38. The van der Waals surface area contributed by atoms with E-state index in [0.717, 1.165) is 24.0 Å². The van der Waals surface area contributed by atoms with Gasteiger partial charge < -0.3 is 9.84 Å². The molecule has 1 aliphatic carbocycles. The second kappa shape index (κ2) is 6.28. The molecule has 1 fully saturated rings. The predicted molar refractivity (Wildman–Crippen MR) is 82.7 cm³/mol. The Balaban J connectivity index is 1.90. The summed E-state index contributed by atoms with van der Waals surface area (Å²) in [5.41, 5.74) is 2.47. The maximum Gasteiger partial charge on any atom is 0.103 e. The maximum absolute atomic E-state index is 10.3. The van der Waals surface area contributed by atoms with Crippen molar-refractivity contribution >= 4 is 0 Å². The molecule has 3 atom stereocenters. The minimum atomic E-state index is -0.517. The largest absolute Gasteiger partial charge is 0.386 e. The van der Waals surface area contributed by atoms with Crippen molar-refractivity contribution in [3.05, 3.63) is 35.4 Å². The smallest absolute Gasteiger partial charge is 0.103 e. The van der Waals surface area contributed by atoms with Gasteiger partial charge in [-0.1, -0.05) is 45.0 Å². The highest BCUT2D eigenvalue weighted by atomic mass is 16.5. The number of aryl methyl sites for hydroxylation is 1. The fourth-order valence-corrected chi connectivity index (χ4v) is 3.66. The molecule has 2 rings (SSSR count). The molecule has 0 spiro atoms. The third kappa shape index (κ3) is 4.07. The summed E-state index contributed by atoms with van der Waals surface area (Å²) >= 11 is 0. The summed E-state index contributed by atoms with van der Waals surface area (Å²) in [6.45, 7) is 9.37. The Morgan fingerprint density at radius 3 is 2.65 bits per heavy atom. The zero-order valence-corrected chi connectivity index (χ0v) is 13.2. The lowest BCUT2D eigenvalue weighted by Gasteiger charge is -2.39. The number of aliphatic hydroxyl groups is 1. The molecule has 0 amide bonds. The summed E-state index contributed by atoms with van der Waals surface area (Å²) in [4.78, 5) is 0. The molecule has 1 aromatic carbocycles. The molecule has 1 N–H and O–H groups in total. The van der Waals surface area contributed by atoms with Crippen LogP contribution in [0.5, 0.6) is 0 Å². The Bertz CT molecular complexity index is 439. The highest BCUT2D eigenvalue weighted by Gasteiger charge is 2.32. The van der Waals surface area contributed by atoms with E-state index in [2.05, 4.69) is 20.8 Å². The van der Waals surface area contributed by atoms with Crippen molar-refractivity contribution in [1.82, 2.24) is 0 Å². The summed E-state index contributed by atoms with van der Waals surface area (Å²) in [5.74, 6) is 0.708. The molecule has 0 aromatic heterocycles. The monoisotopic (exact) mass is 276 g/mol. The van der Waals surface area contributed by atoms with Crippen LogP contribution in [0.15, 0.2) is 24.3 Å². The summed E-state index contributed by atoms with van der Waals surface area (Å²) in [6.07, 6.45) is 3.25. The van der Waals surface area contributed by atoms with Gasteiger partial charge in [-0.25, -0.2) is 0 Å². The van der Waals surface area contributed by atoms with Crippen LogP contribution in [0.4, 0.5) is 0 Å². The number of benzene rings is 1. The average molecular weight is 276 g/mol. The van der Waals surface area contributed by atoms with Gasteiger partial charge in [-0.2, -0.15) is 0 Å². The van der Waals surface area contributed by atoms with Crippen LogP contribution in [0.25, 0.3) is 0 Å². The van der Waals surface area contributed by atoms with Gasteiger partial charge in [-0.3, -0.25) is 0 Å². The fourth-order valence-electron chi connectivity index (χ4n) is 3.66. The second-order valence-electron chi connectivity index (χ2n) is 7.24. The van der Waals surface area contributed by atoms with E-state index in [9.17, 15) is 5.11 Å². The van der Waals surface area contributed by atoms with Gasteiger partial charge in [-0.05, 0) is 48.6 Å².